The highest BCUT2D eigenvalue weighted by Gasteiger charge is 2.25. The quantitative estimate of drug-likeness (QED) is 0.534. The number of methoxy groups -OCH3 is 1. The smallest absolute Gasteiger partial charge is 0.363 e. The van der Waals surface area contributed by atoms with Crippen LogP contribution in [0.15, 0.2) is 66.9 Å². The standard InChI is InChI=1S/C24H27N3O4/c1-17(14-15-19-10-6-4-7-11-19)25-23(28)18(2)31-24(29)22-21(30-3)16-27(26-22)20-12-8-5-9-13-20/h4-13,16-18H,14-15H2,1-3H3,(H,25,28)/t17-,18+/m1/s1. The summed E-state index contributed by atoms with van der Waals surface area (Å²) in [4.78, 5) is 25.1. The van der Waals surface area contributed by atoms with Crippen LogP contribution in [0.4, 0.5) is 0 Å². The molecule has 3 aromatic rings. The molecule has 0 unspecified atom stereocenters. The first-order valence-corrected chi connectivity index (χ1v) is 10.2. The number of nitrogens with one attached hydrogen (secondary N) is 1. The summed E-state index contributed by atoms with van der Waals surface area (Å²) in [5.74, 6) is -0.792. The summed E-state index contributed by atoms with van der Waals surface area (Å²) >= 11 is 0. The molecule has 0 spiro atoms. The van der Waals surface area contributed by atoms with E-state index in [0.717, 1.165) is 18.5 Å². The van der Waals surface area contributed by atoms with E-state index in [1.54, 1.807) is 6.20 Å². The van der Waals surface area contributed by atoms with Gasteiger partial charge in [0.25, 0.3) is 5.91 Å². The molecule has 0 aliphatic heterocycles. The van der Waals surface area contributed by atoms with Crippen LogP contribution in [0.25, 0.3) is 5.69 Å². The molecule has 1 N–H and O–H groups in total. The van der Waals surface area contributed by atoms with Gasteiger partial charge in [-0.05, 0) is 44.4 Å². The summed E-state index contributed by atoms with van der Waals surface area (Å²) in [5.41, 5.74) is 2.00. The molecule has 1 aromatic heterocycles. The third-order valence-corrected chi connectivity index (χ3v) is 4.87. The maximum atomic E-state index is 12.6. The Bertz CT molecular complexity index is 1000. The lowest BCUT2D eigenvalue weighted by Gasteiger charge is -2.18. The van der Waals surface area contributed by atoms with Gasteiger partial charge in [-0.1, -0.05) is 48.5 Å². The van der Waals surface area contributed by atoms with Crippen molar-refractivity contribution in [3.63, 3.8) is 0 Å². The topological polar surface area (TPSA) is 82.5 Å². The molecule has 0 saturated carbocycles. The Balaban J connectivity index is 1.57. The van der Waals surface area contributed by atoms with Crippen LogP contribution in [0.2, 0.25) is 0 Å². The van der Waals surface area contributed by atoms with Crippen molar-refractivity contribution in [2.75, 3.05) is 7.11 Å². The number of nitrogens with zero attached hydrogens (tertiary/aromatic N) is 2. The van der Waals surface area contributed by atoms with E-state index in [1.165, 1.54) is 24.3 Å². The Hall–Kier alpha value is -3.61. The number of ether oxygens (including phenoxy) is 2. The summed E-state index contributed by atoms with van der Waals surface area (Å²) in [7, 11) is 1.45. The van der Waals surface area contributed by atoms with Crippen molar-refractivity contribution in [2.24, 2.45) is 0 Å². The molecular formula is C24H27N3O4. The van der Waals surface area contributed by atoms with Gasteiger partial charge in [0.15, 0.2) is 11.9 Å². The summed E-state index contributed by atoms with van der Waals surface area (Å²) < 4.78 is 12.1. The fourth-order valence-electron chi connectivity index (χ4n) is 3.09. The normalized spacial score (nSPS) is 12.6. The largest absolute Gasteiger partial charge is 0.493 e. The number of carbonyl (C=O) groups excluding carboxylic acids is 2. The lowest BCUT2D eigenvalue weighted by Crippen LogP contribution is -2.41. The number of hydrogen-bond acceptors (Lipinski definition) is 5. The molecule has 7 nitrogen and oxygen atoms in total. The van der Waals surface area contributed by atoms with Crippen LogP contribution in [0.1, 0.15) is 36.3 Å². The number of aromatic nitrogens is 2. The number of benzene rings is 2. The van der Waals surface area contributed by atoms with Gasteiger partial charge in [0.2, 0.25) is 5.69 Å². The van der Waals surface area contributed by atoms with E-state index in [4.69, 9.17) is 9.47 Å². The molecule has 31 heavy (non-hydrogen) atoms. The second-order valence-corrected chi connectivity index (χ2v) is 7.31. The molecule has 1 heterocycles. The van der Waals surface area contributed by atoms with Crippen LogP contribution in [0, 0.1) is 0 Å². The minimum absolute atomic E-state index is 0.0168. The van der Waals surface area contributed by atoms with Gasteiger partial charge in [-0.15, -0.1) is 0 Å². The van der Waals surface area contributed by atoms with Gasteiger partial charge >= 0.3 is 5.97 Å². The van der Waals surface area contributed by atoms with Crippen LogP contribution >= 0.6 is 0 Å². The lowest BCUT2D eigenvalue weighted by molar-refractivity contribution is -0.129. The molecule has 7 heteroatoms. The van der Waals surface area contributed by atoms with Crippen LogP contribution < -0.4 is 10.1 Å². The average Bonchev–Trinajstić information content (AvgIpc) is 3.23. The van der Waals surface area contributed by atoms with Gasteiger partial charge in [0, 0.05) is 6.04 Å². The molecule has 2 atom stereocenters. The van der Waals surface area contributed by atoms with Crippen molar-refractivity contribution in [3.8, 4) is 11.4 Å². The predicted octanol–water partition coefficient (Wildman–Crippen LogP) is 3.56. The zero-order chi connectivity index (χ0) is 22.2. The summed E-state index contributed by atoms with van der Waals surface area (Å²) in [6.45, 7) is 3.47. The average molecular weight is 421 g/mol. The highest BCUT2D eigenvalue weighted by Crippen LogP contribution is 2.20. The second kappa shape index (κ2) is 10.4. The Morgan fingerprint density at radius 1 is 1.03 bits per heavy atom. The SMILES string of the molecule is COc1cn(-c2ccccc2)nc1C(=O)O[C@@H](C)C(=O)N[C@H](C)CCc1ccccc1. The molecule has 2 aromatic carbocycles. The number of carbonyl (C=O) groups is 2. The van der Waals surface area contributed by atoms with Crippen molar-refractivity contribution < 1.29 is 19.1 Å². The molecule has 0 fully saturated rings. The first-order chi connectivity index (χ1) is 15.0. The van der Waals surface area contributed by atoms with Gasteiger partial charge in [-0.25, -0.2) is 9.48 Å². The number of aryl methyl sites for hydroxylation is 1. The first-order valence-electron chi connectivity index (χ1n) is 10.2. The van der Waals surface area contributed by atoms with E-state index in [9.17, 15) is 9.59 Å². The van der Waals surface area contributed by atoms with Crippen molar-refractivity contribution in [2.45, 2.75) is 38.8 Å². The van der Waals surface area contributed by atoms with Crippen molar-refractivity contribution >= 4 is 11.9 Å². The first kappa shape index (κ1) is 22.1. The number of amides is 1. The van der Waals surface area contributed by atoms with Crippen LogP contribution in [0.5, 0.6) is 5.75 Å². The van der Waals surface area contributed by atoms with Gasteiger partial charge < -0.3 is 14.8 Å². The highest BCUT2D eigenvalue weighted by molar-refractivity contribution is 5.93. The number of hydrogen-bond donors (Lipinski definition) is 1. The van der Waals surface area contributed by atoms with Gasteiger partial charge in [0.05, 0.1) is 19.0 Å². The molecular weight excluding hydrogens is 394 g/mol. The molecule has 0 aliphatic carbocycles. The maximum absolute atomic E-state index is 12.6. The Kier molecular flexibility index (Phi) is 7.43. The zero-order valence-electron chi connectivity index (χ0n) is 17.9. The predicted molar refractivity (Wildman–Crippen MR) is 117 cm³/mol. The van der Waals surface area contributed by atoms with Crippen LogP contribution in [-0.2, 0) is 16.0 Å². The molecule has 0 aliphatic rings. The zero-order valence-corrected chi connectivity index (χ0v) is 17.9. The van der Waals surface area contributed by atoms with E-state index in [-0.39, 0.29) is 23.4 Å². The van der Waals surface area contributed by atoms with Gasteiger partial charge in [-0.2, -0.15) is 5.10 Å². The van der Waals surface area contributed by atoms with Gasteiger partial charge in [0.1, 0.15) is 0 Å². The third-order valence-electron chi connectivity index (χ3n) is 4.87. The van der Waals surface area contributed by atoms with E-state index >= 15 is 0 Å². The maximum Gasteiger partial charge on any atom is 0.363 e. The van der Waals surface area contributed by atoms with Crippen LogP contribution in [0.3, 0.4) is 0 Å². The Labute approximate surface area is 182 Å². The summed E-state index contributed by atoms with van der Waals surface area (Å²) in [6.07, 6.45) is 2.27. The molecule has 0 radical (unpaired) electrons. The molecule has 0 saturated heterocycles. The van der Waals surface area contributed by atoms with E-state index in [0.29, 0.717) is 0 Å². The number of rotatable bonds is 9. The van der Waals surface area contributed by atoms with E-state index in [2.05, 4.69) is 22.5 Å². The molecule has 3 rings (SSSR count). The van der Waals surface area contributed by atoms with E-state index in [1.807, 2.05) is 55.5 Å². The highest BCUT2D eigenvalue weighted by atomic mass is 16.6. The third kappa shape index (κ3) is 5.94. The van der Waals surface area contributed by atoms with Crippen molar-refractivity contribution in [1.29, 1.82) is 0 Å². The molecule has 0 bridgehead atoms. The second-order valence-electron chi connectivity index (χ2n) is 7.31. The molecule has 1 amide bonds. The number of esters is 1. The van der Waals surface area contributed by atoms with Gasteiger partial charge in [-0.3, -0.25) is 4.79 Å². The number of para-hydroxylation sites is 1. The minimum Gasteiger partial charge on any atom is -0.493 e. The lowest BCUT2D eigenvalue weighted by atomic mass is 10.1. The van der Waals surface area contributed by atoms with Crippen molar-refractivity contribution in [1.82, 2.24) is 15.1 Å². The molecule has 162 valence electrons. The van der Waals surface area contributed by atoms with E-state index < -0.39 is 12.1 Å². The minimum atomic E-state index is -0.960. The fraction of sp³-hybridized carbons (Fsp3) is 0.292. The summed E-state index contributed by atoms with van der Waals surface area (Å²) in [5, 5.41) is 7.17. The van der Waals surface area contributed by atoms with Crippen LogP contribution in [-0.4, -0.2) is 40.9 Å². The fourth-order valence-corrected chi connectivity index (χ4v) is 3.09. The summed E-state index contributed by atoms with van der Waals surface area (Å²) in [6, 6.07) is 19.4. The Morgan fingerprint density at radius 3 is 2.32 bits per heavy atom. The Morgan fingerprint density at radius 2 is 1.68 bits per heavy atom. The van der Waals surface area contributed by atoms with Crippen molar-refractivity contribution in [3.05, 3.63) is 78.1 Å². The monoisotopic (exact) mass is 421 g/mol.